The molecular weight excluding hydrogens is 313 g/mol. The first-order valence-corrected chi connectivity index (χ1v) is 6.60. The minimum absolute atomic E-state index is 0.364. The second kappa shape index (κ2) is 5.97. The quantitative estimate of drug-likeness (QED) is 0.929. The molecule has 6 heteroatoms. The summed E-state index contributed by atoms with van der Waals surface area (Å²) in [4.78, 5) is 8.51. The van der Waals surface area contributed by atoms with Crippen molar-refractivity contribution in [3.63, 3.8) is 0 Å². The van der Waals surface area contributed by atoms with Crippen LogP contribution in [0, 0.1) is 5.82 Å². The number of anilines is 1. The number of halogens is 2. The molecule has 0 unspecified atom stereocenters. The molecule has 0 aliphatic rings. The molecule has 100 valence electrons. The Hall–Kier alpha value is -1.69. The average Bonchev–Trinajstić information content (AvgIpc) is 2.42. The normalized spacial score (nSPS) is 10.3. The van der Waals surface area contributed by atoms with Crippen LogP contribution in [0.25, 0.3) is 0 Å². The van der Waals surface area contributed by atoms with Gasteiger partial charge in [-0.1, -0.05) is 6.92 Å². The minimum atomic E-state index is -0.364. The summed E-state index contributed by atoms with van der Waals surface area (Å²) < 4.78 is 19.5. The van der Waals surface area contributed by atoms with Crippen LogP contribution in [-0.4, -0.2) is 17.0 Å². The lowest BCUT2D eigenvalue weighted by atomic mass is 10.3. The van der Waals surface area contributed by atoms with Crippen LogP contribution in [0.5, 0.6) is 11.6 Å². The SMILES string of the molecule is CCc1nc(NC)cc(Oc2cc(F)ccc2Br)n1. The van der Waals surface area contributed by atoms with E-state index in [0.29, 0.717) is 34.2 Å². The Balaban J connectivity index is 2.34. The zero-order valence-corrected chi connectivity index (χ0v) is 12.2. The van der Waals surface area contributed by atoms with Crippen LogP contribution >= 0.6 is 15.9 Å². The summed E-state index contributed by atoms with van der Waals surface area (Å²) in [6.45, 7) is 1.96. The highest BCUT2D eigenvalue weighted by Gasteiger charge is 2.08. The fourth-order valence-corrected chi connectivity index (χ4v) is 1.81. The van der Waals surface area contributed by atoms with Gasteiger partial charge in [0.2, 0.25) is 5.88 Å². The van der Waals surface area contributed by atoms with Crippen LogP contribution in [-0.2, 0) is 6.42 Å². The summed E-state index contributed by atoms with van der Waals surface area (Å²) in [5.74, 6) is 1.71. The molecule has 0 aliphatic carbocycles. The van der Waals surface area contributed by atoms with Gasteiger partial charge in [-0.3, -0.25) is 0 Å². The van der Waals surface area contributed by atoms with Crippen LogP contribution in [0.15, 0.2) is 28.7 Å². The van der Waals surface area contributed by atoms with Crippen molar-refractivity contribution in [3.05, 3.63) is 40.4 Å². The van der Waals surface area contributed by atoms with Gasteiger partial charge >= 0.3 is 0 Å². The highest BCUT2D eigenvalue weighted by Crippen LogP contribution is 2.30. The molecule has 0 saturated heterocycles. The number of hydrogen-bond acceptors (Lipinski definition) is 4. The molecule has 0 bridgehead atoms. The third-order valence-electron chi connectivity index (χ3n) is 2.43. The van der Waals surface area contributed by atoms with Crippen molar-refractivity contribution < 1.29 is 9.13 Å². The molecule has 1 aromatic heterocycles. The molecule has 4 nitrogen and oxygen atoms in total. The van der Waals surface area contributed by atoms with E-state index in [0.717, 1.165) is 0 Å². The molecule has 1 heterocycles. The van der Waals surface area contributed by atoms with Gasteiger partial charge in [-0.05, 0) is 28.1 Å². The average molecular weight is 326 g/mol. The first-order chi connectivity index (χ1) is 9.12. The van der Waals surface area contributed by atoms with Crippen molar-refractivity contribution in [3.8, 4) is 11.6 Å². The number of ether oxygens (including phenoxy) is 1. The highest BCUT2D eigenvalue weighted by molar-refractivity contribution is 9.10. The van der Waals surface area contributed by atoms with Crippen molar-refractivity contribution >= 4 is 21.7 Å². The maximum Gasteiger partial charge on any atom is 0.224 e. The summed E-state index contributed by atoms with van der Waals surface area (Å²) in [6, 6.07) is 5.91. The monoisotopic (exact) mass is 325 g/mol. The zero-order valence-electron chi connectivity index (χ0n) is 10.6. The number of nitrogens with one attached hydrogen (secondary N) is 1. The maximum absolute atomic E-state index is 13.2. The molecule has 0 spiro atoms. The fourth-order valence-electron chi connectivity index (χ4n) is 1.48. The van der Waals surface area contributed by atoms with Gasteiger partial charge in [0.15, 0.2) is 0 Å². The van der Waals surface area contributed by atoms with Crippen molar-refractivity contribution in [2.24, 2.45) is 0 Å². The van der Waals surface area contributed by atoms with Crippen molar-refractivity contribution in [1.82, 2.24) is 9.97 Å². The third-order valence-corrected chi connectivity index (χ3v) is 3.08. The van der Waals surface area contributed by atoms with Crippen LogP contribution in [0.2, 0.25) is 0 Å². The lowest BCUT2D eigenvalue weighted by molar-refractivity contribution is 0.452. The van der Waals surface area contributed by atoms with Gasteiger partial charge < -0.3 is 10.1 Å². The standard InChI is InChI=1S/C13H13BrFN3O/c1-3-11-17-12(16-2)7-13(18-11)19-10-6-8(15)4-5-9(10)14/h4-7H,3H2,1-2H3,(H,16,17,18). The molecule has 0 aliphatic heterocycles. The van der Waals surface area contributed by atoms with Gasteiger partial charge in [0, 0.05) is 25.6 Å². The minimum Gasteiger partial charge on any atom is -0.438 e. The van der Waals surface area contributed by atoms with Crippen molar-refractivity contribution in [2.45, 2.75) is 13.3 Å². The Morgan fingerprint density at radius 1 is 1.32 bits per heavy atom. The summed E-state index contributed by atoms with van der Waals surface area (Å²) in [7, 11) is 1.77. The van der Waals surface area contributed by atoms with Gasteiger partial charge in [-0.15, -0.1) is 0 Å². The van der Waals surface area contributed by atoms with E-state index in [1.54, 1.807) is 19.2 Å². The van der Waals surface area contributed by atoms with Gasteiger partial charge in [0.25, 0.3) is 0 Å². The van der Waals surface area contributed by atoms with Crippen molar-refractivity contribution in [1.29, 1.82) is 0 Å². The van der Waals surface area contributed by atoms with Crippen LogP contribution in [0.4, 0.5) is 10.2 Å². The van der Waals surface area contributed by atoms with E-state index in [4.69, 9.17) is 4.74 Å². The molecular formula is C13H13BrFN3O. The molecule has 0 radical (unpaired) electrons. The topological polar surface area (TPSA) is 47.0 Å². The first kappa shape index (κ1) is 13.7. The third kappa shape index (κ3) is 3.41. The summed E-state index contributed by atoms with van der Waals surface area (Å²) in [6.07, 6.45) is 0.691. The molecule has 0 amide bonds. The van der Waals surface area contributed by atoms with Gasteiger partial charge in [0.1, 0.15) is 23.2 Å². The number of aryl methyl sites for hydroxylation is 1. The highest BCUT2D eigenvalue weighted by atomic mass is 79.9. The van der Waals surface area contributed by atoms with E-state index >= 15 is 0 Å². The van der Waals surface area contributed by atoms with E-state index < -0.39 is 0 Å². The van der Waals surface area contributed by atoms with E-state index in [2.05, 4.69) is 31.2 Å². The lowest BCUT2D eigenvalue weighted by Gasteiger charge is -2.09. The number of hydrogen-bond donors (Lipinski definition) is 1. The van der Waals surface area contributed by atoms with E-state index in [-0.39, 0.29) is 5.82 Å². The Morgan fingerprint density at radius 2 is 2.11 bits per heavy atom. The van der Waals surface area contributed by atoms with Crippen molar-refractivity contribution in [2.75, 3.05) is 12.4 Å². The predicted octanol–water partition coefficient (Wildman–Crippen LogP) is 3.77. The Morgan fingerprint density at radius 3 is 2.79 bits per heavy atom. The molecule has 1 aromatic carbocycles. The van der Waals surface area contributed by atoms with Gasteiger partial charge in [-0.2, -0.15) is 4.98 Å². The maximum atomic E-state index is 13.2. The molecule has 0 saturated carbocycles. The molecule has 2 aromatic rings. The number of nitrogens with zero attached hydrogens (tertiary/aromatic N) is 2. The van der Waals surface area contributed by atoms with E-state index in [1.165, 1.54) is 12.1 Å². The molecule has 2 rings (SSSR count). The van der Waals surface area contributed by atoms with E-state index in [9.17, 15) is 4.39 Å². The predicted molar refractivity (Wildman–Crippen MR) is 75.1 cm³/mol. The number of aromatic nitrogens is 2. The molecule has 0 fully saturated rings. The second-order valence-corrected chi connectivity index (χ2v) is 4.64. The molecule has 19 heavy (non-hydrogen) atoms. The fraction of sp³-hybridized carbons (Fsp3) is 0.231. The van der Waals surface area contributed by atoms with Gasteiger partial charge in [0.05, 0.1) is 4.47 Å². The number of rotatable bonds is 4. The van der Waals surface area contributed by atoms with Crippen LogP contribution in [0.3, 0.4) is 0 Å². The Labute approximate surface area is 119 Å². The summed E-state index contributed by atoms with van der Waals surface area (Å²) in [5, 5.41) is 2.94. The summed E-state index contributed by atoms with van der Waals surface area (Å²) >= 11 is 3.31. The second-order valence-electron chi connectivity index (χ2n) is 3.79. The largest absolute Gasteiger partial charge is 0.438 e. The molecule has 1 N–H and O–H groups in total. The molecule has 0 atom stereocenters. The first-order valence-electron chi connectivity index (χ1n) is 5.81. The van der Waals surface area contributed by atoms with Crippen LogP contribution in [0.1, 0.15) is 12.7 Å². The Bertz CT molecular complexity index is 570. The van der Waals surface area contributed by atoms with Gasteiger partial charge in [-0.25, -0.2) is 9.37 Å². The summed E-state index contributed by atoms with van der Waals surface area (Å²) in [5.41, 5.74) is 0. The Kier molecular flexibility index (Phi) is 4.31. The smallest absolute Gasteiger partial charge is 0.224 e. The van der Waals surface area contributed by atoms with E-state index in [1.807, 2.05) is 6.92 Å². The van der Waals surface area contributed by atoms with Crippen LogP contribution < -0.4 is 10.1 Å². The lowest BCUT2D eigenvalue weighted by Crippen LogP contribution is -2.01. The zero-order chi connectivity index (χ0) is 13.8. The number of benzene rings is 1.